The average molecular weight is 212 g/mol. The van der Waals surface area contributed by atoms with Crippen LogP contribution in [0.4, 0.5) is 0 Å². The van der Waals surface area contributed by atoms with Crippen LogP contribution in [-0.2, 0) is 4.74 Å². The molecule has 0 aliphatic carbocycles. The van der Waals surface area contributed by atoms with Crippen LogP contribution in [0.1, 0.15) is 33.4 Å². The Morgan fingerprint density at radius 3 is 2.67 bits per heavy atom. The maximum Gasteiger partial charge on any atom is 0.330 e. The number of aromatic nitrogens is 2. The van der Waals surface area contributed by atoms with Crippen molar-refractivity contribution in [2.24, 2.45) is 0 Å². The first-order valence-electron chi connectivity index (χ1n) is 5.01. The Balaban J connectivity index is 2.87. The van der Waals surface area contributed by atoms with Gasteiger partial charge in [-0.15, -0.1) is 0 Å². The van der Waals surface area contributed by atoms with Gasteiger partial charge in [-0.1, -0.05) is 6.92 Å². The summed E-state index contributed by atoms with van der Waals surface area (Å²) in [6, 6.07) is 1.30. The number of H-pyrrole nitrogens is 1. The molecule has 2 atom stereocenters. The molecule has 5 heteroatoms. The van der Waals surface area contributed by atoms with Crippen LogP contribution >= 0.6 is 0 Å². The van der Waals surface area contributed by atoms with Crippen molar-refractivity contribution in [3.8, 4) is 0 Å². The molecule has 0 bridgehead atoms. The number of nitrogens with zero attached hydrogens (tertiary/aromatic N) is 1. The molecule has 84 valence electrons. The fourth-order valence-electron chi connectivity index (χ4n) is 1.21. The molecule has 0 fully saturated rings. The molecule has 1 aromatic heterocycles. The Morgan fingerprint density at radius 2 is 2.13 bits per heavy atom. The molecule has 0 aliphatic heterocycles. The first-order chi connectivity index (χ1) is 7.04. The summed E-state index contributed by atoms with van der Waals surface area (Å²) < 4.78 is 6.90. The zero-order valence-electron chi connectivity index (χ0n) is 9.19. The second-order valence-electron chi connectivity index (χ2n) is 3.47. The van der Waals surface area contributed by atoms with E-state index in [1.807, 2.05) is 13.8 Å². The number of hydrogen-bond acceptors (Lipinski definition) is 3. The SMILES string of the molecule is CCC(C)O[C@H](C)n1ccc(=O)[nH]c1=O. The number of nitrogens with one attached hydrogen (secondary N) is 1. The minimum Gasteiger partial charge on any atom is -0.355 e. The Kier molecular flexibility index (Phi) is 3.85. The van der Waals surface area contributed by atoms with Gasteiger partial charge in [-0.05, 0) is 20.3 Å². The van der Waals surface area contributed by atoms with Crippen molar-refractivity contribution in [1.29, 1.82) is 0 Å². The van der Waals surface area contributed by atoms with Crippen LogP contribution in [0.15, 0.2) is 21.9 Å². The molecular weight excluding hydrogens is 196 g/mol. The van der Waals surface area contributed by atoms with E-state index >= 15 is 0 Å². The predicted octanol–water partition coefficient (Wildman–Crippen LogP) is 0.870. The van der Waals surface area contributed by atoms with Gasteiger partial charge in [0, 0.05) is 12.3 Å². The maximum absolute atomic E-state index is 11.4. The lowest BCUT2D eigenvalue weighted by molar-refractivity contribution is -0.0377. The normalized spacial score (nSPS) is 14.9. The Morgan fingerprint density at radius 1 is 1.47 bits per heavy atom. The van der Waals surface area contributed by atoms with Crippen LogP contribution in [0.3, 0.4) is 0 Å². The highest BCUT2D eigenvalue weighted by Crippen LogP contribution is 2.08. The van der Waals surface area contributed by atoms with Crippen LogP contribution < -0.4 is 11.2 Å². The summed E-state index contributed by atoms with van der Waals surface area (Å²) in [7, 11) is 0. The van der Waals surface area contributed by atoms with E-state index in [0.717, 1.165) is 6.42 Å². The lowest BCUT2D eigenvalue weighted by atomic mass is 10.3. The summed E-state index contributed by atoms with van der Waals surface area (Å²) in [5, 5.41) is 0. The van der Waals surface area contributed by atoms with Crippen molar-refractivity contribution in [2.75, 3.05) is 0 Å². The molecule has 0 amide bonds. The van der Waals surface area contributed by atoms with E-state index in [4.69, 9.17) is 4.74 Å². The van der Waals surface area contributed by atoms with Gasteiger partial charge in [0.05, 0.1) is 6.10 Å². The number of rotatable bonds is 4. The van der Waals surface area contributed by atoms with Crippen LogP contribution in [-0.4, -0.2) is 15.7 Å². The third-order valence-corrected chi connectivity index (χ3v) is 2.25. The molecule has 1 unspecified atom stereocenters. The lowest BCUT2D eigenvalue weighted by Crippen LogP contribution is -2.32. The van der Waals surface area contributed by atoms with Crippen LogP contribution in [0, 0.1) is 0 Å². The van der Waals surface area contributed by atoms with Gasteiger partial charge in [0.25, 0.3) is 5.56 Å². The highest BCUT2D eigenvalue weighted by molar-refractivity contribution is 4.83. The van der Waals surface area contributed by atoms with Gasteiger partial charge < -0.3 is 4.74 Å². The van der Waals surface area contributed by atoms with Crippen LogP contribution in [0.2, 0.25) is 0 Å². The first kappa shape index (κ1) is 11.7. The summed E-state index contributed by atoms with van der Waals surface area (Å²) in [4.78, 5) is 24.4. The lowest BCUT2D eigenvalue weighted by Gasteiger charge is -2.19. The van der Waals surface area contributed by atoms with E-state index in [1.54, 1.807) is 6.92 Å². The molecule has 1 aromatic rings. The van der Waals surface area contributed by atoms with Gasteiger partial charge in [-0.3, -0.25) is 14.3 Å². The maximum atomic E-state index is 11.4. The number of aromatic amines is 1. The van der Waals surface area contributed by atoms with Gasteiger partial charge >= 0.3 is 5.69 Å². The van der Waals surface area contributed by atoms with Gasteiger partial charge in [0.2, 0.25) is 0 Å². The van der Waals surface area contributed by atoms with Gasteiger partial charge in [0.1, 0.15) is 6.23 Å². The smallest absolute Gasteiger partial charge is 0.330 e. The third-order valence-electron chi connectivity index (χ3n) is 2.25. The van der Waals surface area contributed by atoms with Crippen molar-refractivity contribution in [2.45, 2.75) is 39.5 Å². The summed E-state index contributed by atoms with van der Waals surface area (Å²) in [5.41, 5.74) is -0.842. The second-order valence-corrected chi connectivity index (χ2v) is 3.47. The molecule has 1 rings (SSSR count). The standard InChI is InChI=1S/C10H16N2O3/c1-4-7(2)15-8(3)12-6-5-9(13)11-10(12)14/h5-8H,4H2,1-3H3,(H,11,13,14)/t7?,8-/m1/s1. The van der Waals surface area contributed by atoms with E-state index in [1.165, 1.54) is 16.8 Å². The molecule has 0 aromatic carbocycles. The molecule has 5 nitrogen and oxygen atoms in total. The highest BCUT2D eigenvalue weighted by atomic mass is 16.5. The summed E-state index contributed by atoms with van der Waals surface area (Å²) >= 11 is 0. The topological polar surface area (TPSA) is 64.1 Å². The Bertz CT molecular complexity index is 421. The Hall–Kier alpha value is -1.36. The quantitative estimate of drug-likeness (QED) is 0.805. The zero-order valence-corrected chi connectivity index (χ0v) is 9.19. The molecule has 0 radical (unpaired) electrons. The van der Waals surface area contributed by atoms with Gasteiger partial charge in [-0.2, -0.15) is 0 Å². The molecular formula is C10H16N2O3. The van der Waals surface area contributed by atoms with E-state index < -0.39 is 11.2 Å². The second kappa shape index (κ2) is 4.93. The summed E-state index contributed by atoms with van der Waals surface area (Å²) in [5.74, 6) is 0. The summed E-state index contributed by atoms with van der Waals surface area (Å²) in [6.45, 7) is 5.71. The van der Waals surface area contributed by atoms with Crippen LogP contribution in [0.25, 0.3) is 0 Å². The van der Waals surface area contributed by atoms with Crippen LogP contribution in [0.5, 0.6) is 0 Å². The van der Waals surface area contributed by atoms with Crippen molar-refractivity contribution in [3.63, 3.8) is 0 Å². The van der Waals surface area contributed by atoms with E-state index in [9.17, 15) is 9.59 Å². The first-order valence-corrected chi connectivity index (χ1v) is 5.01. The van der Waals surface area contributed by atoms with Crippen molar-refractivity contribution >= 4 is 0 Å². The number of ether oxygens (including phenoxy) is 1. The van der Waals surface area contributed by atoms with Gasteiger partial charge in [0.15, 0.2) is 0 Å². The minimum atomic E-state index is -0.446. The molecule has 0 saturated heterocycles. The highest BCUT2D eigenvalue weighted by Gasteiger charge is 2.09. The number of hydrogen-bond donors (Lipinski definition) is 1. The van der Waals surface area contributed by atoms with E-state index in [2.05, 4.69) is 4.98 Å². The fraction of sp³-hybridized carbons (Fsp3) is 0.600. The molecule has 0 aliphatic rings. The van der Waals surface area contributed by atoms with E-state index in [0.29, 0.717) is 0 Å². The predicted molar refractivity (Wildman–Crippen MR) is 56.9 cm³/mol. The van der Waals surface area contributed by atoms with Crippen molar-refractivity contribution in [3.05, 3.63) is 33.1 Å². The largest absolute Gasteiger partial charge is 0.355 e. The average Bonchev–Trinajstić information content (AvgIpc) is 2.17. The van der Waals surface area contributed by atoms with Crippen molar-refractivity contribution in [1.82, 2.24) is 9.55 Å². The zero-order chi connectivity index (χ0) is 11.4. The van der Waals surface area contributed by atoms with Crippen molar-refractivity contribution < 1.29 is 4.74 Å². The molecule has 0 saturated carbocycles. The monoisotopic (exact) mass is 212 g/mol. The summed E-state index contributed by atoms with van der Waals surface area (Å²) in [6.07, 6.45) is 2.03. The molecule has 1 heterocycles. The molecule has 0 spiro atoms. The minimum absolute atomic E-state index is 0.0822. The van der Waals surface area contributed by atoms with E-state index in [-0.39, 0.29) is 12.3 Å². The molecule has 1 N–H and O–H groups in total. The molecule has 15 heavy (non-hydrogen) atoms. The fourth-order valence-corrected chi connectivity index (χ4v) is 1.21. The van der Waals surface area contributed by atoms with Gasteiger partial charge in [-0.25, -0.2) is 4.79 Å². The third kappa shape index (κ3) is 3.06. The Labute approximate surface area is 87.7 Å².